The molecular formula is C59H36N4O. The lowest BCUT2D eigenvalue weighted by molar-refractivity contribution is 0.436. The molecule has 5 nitrogen and oxygen atoms in total. The molecule has 0 bridgehead atoms. The third kappa shape index (κ3) is 5.89. The number of hydrogen-bond donors (Lipinski definition) is 0. The highest BCUT2D eigenvalue weighted by Gasteiger charge is 2.45. The molecule has 0 unspecified atom stereocenters. The van der Waals surface area contributed by atoms with Crippen LogP contribution in [0, 0.1) is 6.57 Å². The molecule has 2 heterocycles. The Balaban J connectivity index is 1.00. The lowest BCUT2D eigenvalue weighted by Gasteiger charge is -2.42. The molecule has 1 aliphatic heterocycles. The molecule has 0 N–H and O–H groups in total. The number of hydrogen-bond acceptors (Lipinski definition) is 4. The summed E-state index contributed by atoms with van der Waals surface area (Å²) in [6, 6.07) is 75.9. The van der Waals surface area contributed by atoms with Crippen LogP contribution in [-0.4, -0.2) is 15.0 Å². The van der Waals surface area contributed by atoms with Gasteiger partial charge in [0.2, 0.25) is 0 Å². The van der Waals surface area contributed by atoms with Crippen molar-refractivity contribution in [2.75, 3.05) is 0 Å². The highest BCUT2D eigenvalue weighted by atomic mass is 16.5. The second-order valence-electron chi connectivity index (χ2n) is 16.2. The van der Waals surface area contributed by atoms with Crippen LogP contribution in [0.3, 0.4) is 0 Å². The summed E-state index contributed by atoms with van der Waals surface area (Å²) in [5, 5.41) is 7.14. The van der Waals surface area contributed by atoms with Crippen molar-refractivity contribution in [3.8, 4) is 56.8 Å². The zero-order valence-corrected chi connectivity index (χ0v) is 34.5. The quantitative estimate of drug-likeness (QED) is 0.124. The van der Waals surface area contributed by atoms with Gasteiger partial charge >= 0.3 is 0 Å². The van der Waals surface area contributed by atoms with Gasteiger partial charge in [-0.1, -0.05) is 206 Å². The molecule has 0 atom stereocenters. The van der Waals surface area contributed by atoms with Crippen molar-refractivity contribution < 1.29 is 4.74 Å². The third-order valence-corrected chi connectivity index (χ3v) is 12.7. The first-order chi connectivity index (χ1) is 31.7. The maximum Gasteiger partial charge on any atom is 0.187 e. The minimum absolute atomic E-state index is 0.534. The second-order valence-corrected chi connectivity index (χ2v) is 16.2. The molecule has 298 valence electrons. The number of para-hydroxylation sites is 2. The van der Waals surface area contributed by atoms with Gasteiger partial charge in [0.15, 0.2) is 23.2 Å². The number of rotatable bonds is 6. The number of ether oxygens (including phenoxy) is 1. The van der Waals surface area contributed by atoms with E-state index in [1.807, 2.05) is 18.2 Å². The summed E-state index contributed by atoms with van der Waals surface area (Å²) in [5.41, 5.74) is 9.01. The maximum atomic E-state index is 7.52. The van der Waals surface area contributed by atoms with Crippen molar-refractivity contribution in [2.45, 2.75) is 5.41 Å². The largest absolute Gasteiger partial charge is 0.456 e. The van der Waals surface area contributed by atoms with E-state index in [1.165, 1.54) is 38.1 Å². The Morgan fingerprint density at radius 2 is 0.828 bits per heavy atom. The Kier molecular flexibility index (Phi) is 8.70. The predicted molar refractivity (Wildman–Crippen MR) is 259 cm³/mol. The molecule has 0 saturated carbocycles. The molecule has 1 aliphatic rings. The summed E-state index contributed by atoms with van der Waals surface area (Å²) >= 11 is 0. The van der Waals surface area contributed by atoms with Crippen LogP contribution in [0.5, 0.6) is 11.5 Å². The van der Waals surface area contributed by atoms with Crippen LogP contribution in [0.15, 0.2) is 218 Å². The summed E-state index contributed by atoms with van der Waals surface area (Å²) in [6.45, 7) is 7.52. The fourth-order valence-electron chi connectivity index (χ4n) is 9.75. The van der Waals surface area contributed by atoms with Crippen molar-refractivity contribution in [1.82, 2.24) is 15.0 Å². The predicted octanol–water partition coefficient (Wildman–Crippen LogP) is 15.0. The van der Waals surface area contributed by atoms with Gasteiger partial charge in [-0.15, -0.1) is 0 Å². The average molecular weight is 817 g/mol. The Labute approximate surface area is 370 Å². The standard InChI is InChI=1S/C59H36N4O/c1-60-44-34-31-40(32-35-44)57-61-56(62-58(63-57)41-33-36-50-48-21-9-8-19-46(48)47-20-10-11-22-49(47)51(50)37-41)39-29-27-38(28-30-39)45-23-14-25-53-55(45)64-54-26-13-12-24-52(54)59(53,42-15-4-2-5-16-42)43-17-6-3-7-18-43/h2-37H. The Hall–Kier alpha value is -8.72. The van der Waals surface area contributed by atoms with Crippen molar-refractivity contribution in [1.29, 1.82) is 0 Å². The molecule has 10 aromatic carbocycles. The monoisotopic (exact) mass is 816 g/mol. The Morgan fingerprint density at radius 3 is 1.42 bits per heavy atom. The van der Waals surface area contributed by atoms with Gasteiger partial charge in [0.1, 0.15) is 11.5 Å². The number of benzene rings is 10. The number of fused-ring (bicyclic) bond motifs is 8. The summed E-state index contributed by atoms with van der Waals surface area (Å²) in [5.74, 6) is 3.31. The van der Waals surface area contributed by atoms with Gasteiger partial charge in [0, 0.05) is 33.4 Å². The summed E-state index contributed by atoms with van der Waals surface area (Å²) < 4.78 is 6.95. The summed E-state index contributed by atoms with van der Waals surface area (Å²) in [4.78, 5) is 18.9. The molecule has 0 amide bonds. The van der Waals surface area contributed by atoms with Crippen LogP contribution in [0.25, 0.3) is 82.5 Å². The van der Waals surface area contributed by atoms with E-state index in [0.717, 1.165) is 55.8 Å². The third-order valence-electron chi connectivity index (χ3n) is 12.7. The van der Waals surface area contributed by atoms with Gasteiger partial charge in [-0.3, -0.25) is 0 Å². The SMILES string of the molecule is [C-]#[N+]c1ccc(-c2nc(-c3ccc(-c4cccc5c4Oc4ccccc4C5(c4ccccc4)c4ccccc4)cc3)nc(-c3ccc4c5ccccc5c5ccccc5c4c3)n2)cc1. The molecule has 0 radical (unpaired) electrons. The van der Waals surface area contributed by atoms with Crippen molar-refractivity contribution in [3.05, 3.63) is 252 Å². The first-order valence-corrected chi connectivity index (χ1v) is 21.4. The number of aromatic nitrogens is 3. The zero-order valence-electron chi connectivity index (χ0n) is 34.5. The number of nitrogens with zero attached hydrogens (tertiary/aromatic N) is 4. The Morgan fingerprint density at radius 1 is 0.375 bits per heavy atom. The fourth-order valence-corrected chi connectivity index (χ4v) is 9.75. The minimum atomic E-state index is -0.616. The highest BCUT2D eigenvalue weighted by molar-refractivity contribution is 6.25. The molecule has 0 saturated heterocycles. The molecule has 5 heteroatoms. The van der Waals surface area contributed by atoms with E-state index in [-0.39, 0.29) is 0 Å². The normalized spacial score (nSPS) is 12.6. The molecule has 0 fully saturated rings. The van der Waals surface area contributed by atoms with Gasteiger partial charge in [-0.05, 0) is 61.1 Å². The lowest BCUT2D eigenvalue weighted by atomic mass is 9.63. The summed E-state index contributed by atoms with van der Waals surface area (Å²) in [6.07, 6.45) is 0. The van der Waals surface area contributed by atoms with E-state index in [4.69, 9.17) is 26.3 Å². The van der Waals surface area contributed by atoms with Crippen molar-refractivity contribution in [2.24, 2.45) is 0 Å². The molecule has 1 aromatic heterocycles. The van der Waals surface area contributed by atoms with E-state index in [2.05, 4.69) is 193 Å². The van der Waals surface area contributed by atoms with E-state index in [9.17, 15) is 0 Å². The van der Waals surface area contributed by atoms with Crippen LogP contribution < -0.4 is 4.74 Å². The van der Waals surface area contributed by atoms with Crippen LogP contribution in [0.2, 0.25) is 0 Å². The molecule has 0 spiro atoms. The molecule has 64 heavy (non-hydrogen) atoms. The maximum absolute atomic E-state index is 7.52. The lowest BCUT2D eigenvalue weighted by Crippen LogP contribution is -2.34. The van der Waals surface area contributed by atoms with Gasteiger partial charge in [-0.25, -0.2) is 19.8 Å². The second kappa shape index (κ2) is 15.0. The first kappa shape index (κ1) is 37.1. The van der Waals surface area contributed by atoms with E-state index < -0.39 is 5.41 Å². The minimum Gasteiger partial charge on any atom is -0.456 e. The van der Waals surface area contributed by atoms with Crippen LogP contribution in [0.4, 0.5) is 5.69 Å². The smallest absolute Gasteiger partial charge is 0.187 e. The molecule has 12 rings (SSSR count). The van der Waals surface area contributed by atoms with E-state index in [0.29, 0.717) is 23.2 Å². The zero-order chi connectivity index (χ0) is 42.6. The summed E-state index contributed by atoms with van der Waals surface area (Å²) in [7, 11) is 0. The average Bonchev–Trinajstić information content (AvgIpc) is 3.38. The first-order valence-electron chi connectivity index (χ1n) is 21.4. The van der Waals surface area contributed by atoms with E-state index >= 15 is 0 Å². The molecule has 0 aliphatic carbocycles. The molecular weight excluding hydrogens is 781 g/mol. The van der Waals surface area contributed by atoms with Gasteiger partial charge in [0.05, 0.1) is 12.0 Å². The van der Waals surface area contributed by atoms with E-state index in [1.54, 1.807) is 12.1 Å². The fraction of sp³-hybridized carbons (Fsp3) is 0.0169. The van der Waals surface area contributed by atoms with Gasteiger partial charge in [-0.2, -0.15) is 0 Å². The molecule has 11 aromatic rings. The van der Waals surface area contributed by atoms with Crippen molar-refractivity contribution in [3.63, 3.8) is 0 Å². The van der Waals surface area contributed by atoms with Crippen molar-refractivity contribution >= 4 is 38.0 Å². The van der Waals surface area contributed by atoms with Crippen LogP contribution in [-0.2, 0) is 5.41 Å². The topological polar surface area (TPSA) is 52.3 Å². The van der Waals surface area contributed by atoms with Crippen LogP contribution >= 0.6 is 0 Å². The van der Waals surface area contributed by atoms with Gasteiger partial charge < -0.3 is 4.74 Å². The van der Waals surface area contributed by atoms with Crippen LogP contribution in [0.1, 0.15) is 22.3 Å². The van der Waals surface area contributed by atoms with Gasteiger partial charge in [0.25, 0.3) is 0 Å². The highest BCUT2D eigenvalue weighted by Crippen LogP contribution is 2.57. The Bertz CT molecular complexity index is 3560.